The van der Waals surface area contributed by atoms with Crippen LogP contribution in [0.15, 0.2) is 48.9 Å². The highest BCUT2D eigenvalue weighted by atomic mass is 19.1. The maximum Gasteiger partial charge on any atom is 0.242 e. The van der Waals surface area contributed by atoms with Crippen molar-refractivity contribution < 1.29 is 18.4 Å². The minimum absolute atomic E-state index is 0.0780. The Bertz CT molecular complexity index is 1410. The van der Waals surface area contributed by atoms with E-state index in [0.717, 1.165) is 62.9 Å². The maximum absolute atomic E-state index is 14.4. The van der Waals surface area contributed by atoms with Gasteiger partial charge in [-0.05, 0) is 60.9 Å². The molecule has 1 aliphatic heterocycles. The van der Waals surface area contributed by atoms with E-state index in [-0.39, 0.29) is 17.9 Å². The van der Waals surface area contributed by atoms with Gasteiger partial charge in [0.05, 0.1) is 17.9 Å². The first kappa shape index (κ1) is 29.8. The van der Waals surface area contributed by atoms with Crippen molar-refractivity contribution in [2.24, 2.45) is 0 Å². The molecule has 1 aromatic heterocycles. The Morgan fingerprint density at radius 1 is 1.12 bits per heavy atom. The summed E-state index contributed by atoms with van der Waals surface area (Å²) in [5.41, 5.74) is 3.37. The molecule has 3 aromatic rings. The van der Waals surface area contributed by atoms with E-state index < -0.39 is 17.7 Å². The highest BCUT2D eigenvalue weighted by molar-refractivity contribution is 5.94. The maximum atomic E-state index is 14.4. The number of halogens is 2. The van der Waals surface area contributed by atoms with E-state index in [4.69, 9.17) is 0 Å². The van der Waals surface area contributed by atoms with E-state index in [9.17, 15) is 18.4 Å². The van der Waals surface area contributed by atoms with Crippen LogP contribution in [0.1, 0.15) is 56.2 Å². The Morgan fingerprint density at radius 2 is 1.95 bits per heavy atom. The van der Waals surface area contributed by atoms with Crippen molar-refractivity contribution in [1.82, 2.24) is 24.7 Å². The molecular formula is C32H40F2N6O2. The number of anilines is 1. The number of nitrogens with zero attached hydrogens (tertiary/aromatic N) is 4. The molecule has 0 radical (unpaired) electrons. The summed E-state index contributed by atoms with van der Waals surface area (Å²) in [6, 6.07) is 9.95. The SMILES string of the molecule is CCCC(N[C@H]1CCc2cc(F)cc(F)c2C1)C(=O)Nc1cn(-c2ccccc2CN2CCCN(C(C)=O)CC2)cn1. The summed E-state index contributed by atoms with van der Waals surface area (Å²) in [7, 11) is 0. The van der Waals surface area contributed by atoms with Gasteiger partial charge in [0.25, 0.3) is 0 Å². The zero-order chi connectivity index (χ0) is 29.6. The van der Waals surface area contributed by atoms with E-state index in [1.807, 2.05) is 40.8 Å². The van der Waals surface area contributed by atoms with Crippen molar-refractivity contribution in [2.45, 2.75) is 71.0 Å². The van der Waals surface area contributed by atoms with Crippen molar-refractivity contribution in [3.8, 4) is 5.69 Å². The quantitative estimate of drug-likeness (QED) is 0.392. The van der Waals surface area contributed by atoms with E-state index in [0.29, 0.717) is 42.6 Å². The Kier molecular flexibility index (Phi) is 9.64. The van der Waals surface area contributed by atoms with Crippen molar-refractivity contribution in [1.29, 1.82) is 0 Å². The summed E-state index contributed by atoms with van der Waals surface area (Å²) in [4.78, 5) is 33.9. The summed E-state index contributed by atoms with van der Waals surface area (Å²) in [5.74, 6) is -0.671. The standard InChI is InChI=1S/C32H40F2N6O2/c1-3-7-29(36-26-11-10-23-16-25(33)17-28(34)27(23)18-26)32(42)37-31-20-40(21-35-31)30-9-5-4-8-24(30)19-38-12-6-13-39(15-14-38)22(2)41/h4-5,8-9,16-17,20-21,26,29,36H,3,6-7,10-15,18-19H2,1-2H3,(H,37,42)/t26-,29?/m0/s1. The fourth-order valence-electron chi connectivity index (χ4n) is 6.11. The number of nitrogens with one attached hydrogen (secondary N) is 2. The zero-order valence-corrected chi connectivity index (χ0v) is 24.4. The van der Waals surface area contributed by atoms with E-state index in [2.05, 4.69) is 26.6 Å². The number of hydrogen-bond acceptors (Lipinski definition) is 5. The van der Waals surface area contributed by atoms with Gasteiger partial charge in [0, 0.05) is 51.8 Å². The highest BCUT2D eigenvalue weighted by Crippen LogP contribution is 2.26. The van der Waals surface area contributed by atoms with E-state index in [1.165, 1.54) is 6.07 Å². The Hall–Kier alpha value is -3.63. The first-order chi connectivity index (χ1) is 20.3. The van der Waals surface area contributed by atoms with Gasteiger partial charge >= 0.3 is 0 Å². The summed E-state index contributed by atoms with van der Waals surface area (Å²) in [6.45, 7) is 7.66. The van der Waals surface area contributed by atoms with Gasteiger partial charge in [0.2, 0.25) is 11.8 Å². The highest BCUT2D eigenvalue weighted by Gasteiger charge is 2.27. The molecule has 0 bridgehead atoms. The number of rotatable bonds is 9. The smallest absolute Gasteiger partial charge is 0.242 e. The second kappa shape index (κ2) is 13.6. The van der Waals surface area contributed by atoms with Crippen molar-refractivity contribution in [2.75, 3.05) is 31.5 Å². The average molecular weight is 579 g/mol. The van der Waals surface area contributed by atoms with Crippen molar-refractivity contribution in [3.63, 3.8) is 0 Å². The molecule has 1 aliphatic carbocycles. The van der Waals surface area contributed by atoms with Gasteiger partial charge in [-0.3, -0.25) is 14.5 Å². The van der Waals surface area contributed by atoms with Crippen molar-refractivity contribution in [3.05, 3.63) is 77.2 Å². The molecule has 2 aromatic carbocycles. The summed E-state index contributed by atoms with van der Waals surface area (Å²) >= 11 is 0. The molecule has 2 atom stereocenters. The molecule has 2 amide bonds. The molecule has 1 fully saturated rings. The number of aromatic nitrogens is 2. The molecule has 5 rings (SSSR count). The van der Waals surface area contributed by atoms with Gasteiger partial charge < -0.3 is 20.1 Å². The molecule has 2 heterocycles. The second-order valence-corrected chi connectivity index (χ2v) is 11.4. The topological polar surface area (TPSA) is 82.5 Å². The lowest BCUT2D eigenvalue weighted by Gasteiger charge is -2.29. The molecule has 1 unspecified atom stereocenters. The van der Waals surface area contributed by atoms with Gasteiger partial charge in [-0.25, -0.2) is 13.8 Å². The minimum Gasteiger partial charge on any atom is -0.342 e. The lowest BCUT2D eigenvalue weighted by atomic mass is 9.87. The van der Waals surface area contributed by atoms with Crippen LogP contribution >= 0.6 is 0 Å². The number of aryl methyl sites for hydroxylation is 1. The third-order valence-corrected chi connectivity index (χ3v) is 8.33. The summed E-state index contributed by atoms with van der Waals surface area (Å²) in [5, 5.41) is 6.39. The van der Waals surface area contributed by atoms with Crippen LogP contribution in [0.4, 0.5) is 14.6 Å². The fraction of sp³-hybridized carbons (Fsp3) is 0.469. The molecule has 1 saturated heterocycles. The van der Waals surface area contributed by atoms with Crippen LogP contribution in [0.5, 0.6) is 0 Å². The third kappa shape index (κ3) is 7.22. The molecule has 8 nitrogen and oxygen atoms in total. The average Bonchev–Trinajstić information content (AvgIpc) is 3.29. The Morgan fingerprint density at radius 3 is 2.76 bits per heavy atom. The van der Waals surface area contributed by atoms with Gasteiger partial charge in [0.1, 0.15) is 18.0 Å². The molecule has 224 valence electrons. The number of para-hydroxylation sites is 1. The molecule has 10 heteroatoms. The number of carbonyl (C=O) groups excluding carboxylic acids is 2. The van der Waals surface area contributed by atoms with Gasteiger partial charge in [-0.1, -0.05) is 31.5 Å². The normalized spacial score (nSPS) is 18.3. The van der Waals surface area contributed by atoms with Crippen LogP contribution in [0.25, 0.3) is 5.69 Å². The number of amides is 2. The molecule has 0 spiro atoms. The monoisotopic (exact) mass is 578 g/mol. The van der Waals surface area contributed by atoms with Crippen LogP contribution in [0.2, 0.25) is 0 Å². The van der Waals surface area contributed by atoms with Crippen LogP contribution in [-0.2, 0) is 29.0 Å². The lowest BCUT2D eigenvalue weighted by molar-refractivity contribution is -0.128. The van der Waals surface area contributed by atoms with E-state index >= 15 is 0 Å². The Labute approximate surface area is 246 Å². The van der Waals surface area contributed by atoms with E-state index in [1.54, 1.807) is 13.3 Å². The number of carbonyl (C=O) groups is 2. The molecular weight excluding hydrogens is 538 g/mol. The van der Waals surface area contributed by atoms with Crippen LogP contribution in [-0.4, -0.2) is 69.4 Å². The zero-order valence-electron chi connectivity index (χ0n) is 24.4. The minimum atomic E-state index is -0.550. The summed E-state index contributed by atoms with van der Waals surface area (Å²) in [6.07, 6.45) is 7.59. The predicted molar refractivity (Wildman–Crippen MR) is 158 cm³/mol. The van der Waals surface area contributed by atoms with Gasteiger partial charge in [-0.2, -0.15) is 0 Å². The number of imidazole rings is 1. The Balaban J connectivity index is 1.23. The second-order valence-electron chi connectivity index (χ2n) is 11.4. The van der Waals surface area contributed by atoms with Gasteiger partial charge in [0.15, 0.2) is 5.82 Å². The molecule has 2 N–H and O–H groups in total. The number of benzene rings is 2. The van der Waals surface area contributed by atoms with Crippen LogP contribution in [0, 0.1) is 11.6 Å². The first-order valence-electron chi connectivity index (χ1n) is 14.9. The van der Waals surface area contributed by atoms with Gasteiger partial charge in [-0.15, -0.1) is 0 Å². The number of fused-ring (bicyclic) bond motifs is 1. The molecule has 42 heavy (non-hydrogen) atoms. The third-order valence-electron chi connectivity index (χ3n) is 8.33. The number of hydrogen-bond donors (Lipinski definition) is 2. The predicted octanol–water partition coefficient (Wildman–Crippen LogP) is 4.46. The first-order valence-corrected chi connectivity index (χ1v) is 14.9. The van der Waals surface area contributed by atoms with Crippen LogP contribution < -0.4 is 10.6 Å². The fourth-order valence-corrected chi connectivity index (χ4v) is 6.11. The summed E-state index contributed by atoms with van der Waals surface area (Å²) < 4.78 is 30.0. The lowest BCUT2D eigenvalue weighted by Crippen LogP contribution is -2.48. The largest absolute Gasteiger partial charge is 0.342 e. The molecule has 2 aliphatic rings. The molecule has 0 saturated carbocycles. The van der Waals surface area contributed by atoms with Crippen LogP contribution in [0.3, 0.4) is 0 Å². The van der Waals surface area contributed by atoms with Crippen molar-refractivity contribution >= 4 is 17.6 Å².